The van der Waals surface area contributed by atoms with E-state index in [0.717, 1.165) is 36.5 Å². The minimum atomic E-state index is -3.14. The van der Waals surface area contributed by atoms with E-state index in [2.05, 4.69) is 14.9 Å². The third-order valence-electron chi connectivity index (χ3n) is 5.16. The van der Waals surface area contributed by atoms with Crippen LogP contribution in [0.15, 0.2) is 36.5 Å². The van der Waals surface area contributed by atoms with Crippen LogP contribution in [0.2, 0.25) is 0 Å². The minimum Gasteiger partial charge on any atom is -0.341 e. The number of H-pyrrole nitrogens is 1. The molecule has 4 rings (SSSR count). The molecule has 1 N–H and O–H groups in total. The lowest BCUT2D eigenvalue weighted by Crippen LogP contribution is -2.38. The molecule has 3 heterocycles. The lowest BCUT2D eigenvalue weighted by atomic mass is 10.2. The highest BCUT2D eigenvalue weighted by Gasteiger charge is 2.38. The molecule has 1 aromatic heterocycles. The highest BCUT2D eigenvalue weighted by atomic mass is 32.2. The van der Waals surface area contributed by atoms with Crippen molar-refractivity contribution >= 4 is 10.0 Å². The van der Waals surface area contributed by atoms with E-state index >= 15 is 0 Å². The Kier molecular flexibility index (Phi) is 4.62. The van der Waals surface area contributed by atoms with Gasteiger partial charge in [0.2, 0.25) is 10.0 Å². The van der Waals surface area contributed by atoms with Gasteiger partial charge < -0.3 is 4.98 Å². The maximum Gasteiger partial charge on any atom is 0.218 e. The van der Waals surface area contributed by atoms with Crippen LogP contribution in [0, 0.1) is 0 Å². The van der Waals surface area contributed by atoms with Gasteiger partial charge in [0.05, 0.1) is 23.7 Å². The molecule has 0 unspecified atom stereocenters. The molecule has 1 aromatic carbocycles. The molecule has 2 aliphatic heterocycles. The second-order valence-electron chi connectivity index (χ2n) is 6.91. The van der Waals surface area contributed by atoms with Gasteiger partial charge in [-0.3, -0.25) is 4.90 Å². The van der Waals surface area contributed by atoms with Crippen molar-refractivity contribution in [3.05, 3.63) is 42.4 Å². The molecule has 25 heavy (non-hydrogen) atoms. The Bertz CT molecular complexity index is 813. The van der Waals surface area contributed by atoms with Crippen LogP contribution in [-0.2, 0) is 16.6 Å². The van der Waals surface area contributed by atoms with Crippen molar-refractivity contribution in [2.75, 3.05) is 26.2 Å². The lowest BCUT2D eigenvalue weighted by molar-refractivity contribution is 0.322. The van der Waals surface area contributed by atoms with Gasteiger partial charge in [-0.2, -0.15) is 0 Å². The second-order valence-corrected chi connectivity index (χ2v) is 9.12. The predicted octanol–water partition coefficient (Wildman–Crippen LogP) is 2.08. The van der Waals surface area contributed by atoms with Gasteiger partial charge in [-0.05, 0) is 24.8 Å². The minimum absolute atomic E-state index is 0.269. The van der Waals surface area contributed by atoms with E-state index in [-0.39, 0.29) is 5.25 Å². The third kappa shape index (κ3) is 3.49. The van der Waals surface area contributed by atoms with E-state index in [1.165, 1.54) is 0 Å². The zero-order valence-corrected chi connectivity index (χ0v) is 15.1. The van der Waals surface area contributed by atoms with Gasteiger partial charge in [-0.1, -0.05) is 30.3 Å². The molecule has 2 saturated heterocycles. The van der Waals surface area contributed by atoms with Gasteiger partial charge in [-0.15, -0.1) is 0 Å². The summed E-state index contributed by atoms with van der Waals surface area (Å²) in [4.78, 5) is 10.0. The average molecular weight is 360 g/mol. The quantitative estimate of drug-likeness (QED) is 0.886. The lowest BCUT2D eigenvalue weighted by Gasteiger charge is -2.21. The number of sulfonamides is 1. The first kappa shape index (κ1) is 16.8. The van der Waals surface area contributed by atoms with E-state index in [1.54, 1.807) is 4.31 Å². The molecule has 2 fully saturated rings. The number of hydrogen-bond donors (Lipinski definition) is 1. The molecule has 134 valence electrons. The number of likely N-dealkylation sites (tertiary alicyclic amines) is 1. The van der Waals surface area contributed by atoms with Gasteiger partial charge in [0, 0.05) is 26.2 Å². The zero-order valence-electron chi connectivity index (χ0n) is 14.3. The zero-order chi connectivity index (χ0) is 17.3. The fourth-order valence-electron chi connectivity index (χ4n) is 3.76. The number of benzene rings is 1. The van der Waals surface area contributed by atoms with E-state index in [1.807, 2.05) is 36.5 Å². The van der Waals surface area contributed by atoms with Crippen LogP contribution in [0.5, 0.6) is 0 Å². The summed E-state index contributed by atoms with van der Waals surface area (Å²) >= 11 is 0. The molecule has 2 aromatic rings. The molecule has 0 amide bonds. The molecule has 0 spiro atoms. The highest BCUT2D eigenvalue weighted by Crippen LogP contribution is 2.25. The van der Waals surface area contributed by atoms with Crippen molar-refractivity contribution in [1.82, 2.24) is 19.2 Å². The standard InChI is InChI=1S/C18H24N4O2S/c23-25(24,22-9-4-5-10-22)16-8-11-21(13-16)14-18-19-12-17(20-18)15-6-2-1-3-7-15/h1-3,6-7,12,16H,4-5,8-11,13-14H2,(H,19,20)/t16-/m1/s1. The van der Waals surface area contributed by atoms with E-state index in [9.17, 15) is 8.42 Å². The molecule has 1 atom stereocenters. The molecule has 7 heteroatoms. The first-order valence-corrected chi connectivity index (χ1v) is 10.4. The maximum atomic E-state index is 12.7. The van der Waals surface area contributed by atoms with Crippen LogP contribution in [0.4, 0.5) is 0 Å². The Morgan fingerprint density at radius 3 is 2.64 bits per heavy atom. The van der Waals surface area contributed by atoms with Crippen molar-refractivity contribution in [2.45, 2.75) is 31.1 Å². The Balaban J connectivity index is 1.39. The number of hydrogen-bond acceptors (Lipinski definition) is 4. The van der Waals surface area contributed by atoms with Crippen molar-refractivity contribution < 1.29 is 8.42 Å². The summed E-state index contributed by atoms with van der Waals surface area (Å²) in [6, 6.07) is 10.1. The number of nitrogens with zero attached hydrogens (tertiary/aromatic N) is 3. The summed E-state index contributed by atoms with van der Waals surface area (Å²) in [5.74, 6) is 0.887. The normalized spacial score (nSPS) is 22.6. The summed E-state index contributed by atoms with van der Waals surface area (Å²) < 4.78 is 27.1. The second kappa shape index (κ2) is 6.90. The molecule has 0 radical (unpaired) electrons. The Labute approximate surface area is 148 Å². The fraction of sp³-hybridized carbons (Fsp3) is 0.500. The maximum absolute atomic E-state index is 12.7. The molecule has 6 nitrogen and oxygen atoms in total. The van der Waals surface area contributed by atoms with Crippen LogP contribution in [0.3, 0.4) is 0 Å². The number of imidazole rings is 1. The first-order chi connectivity index (χ1) is 12.1. The topological polar surface area (TPSA) is 69.3 Å². The fourth-order valence-corrected chi connectivity index (χ4v) is 5.75. The number of nitrogens with one attached hydrogen (secondary N) is 1. The Hall–Kier alpha value is -1.70. The number of aromatic nitrogens is 2. The highest BCUT2D eigenvalue weighted by molar-refractivity contribution is 7.89. The largest absolute Gasteiger partial charge is 0.341 e. The average Bonchev–Trinajstić information content (AvgIpc) is 3.38. The summed E-state index contributed by atoms with van der Waals surface area (Å²) in [5, 5.41) is -0.269. The third-order valence-corrected chi connectivity index (χ3v) is 7.47. The van der Waals surface area contributed by atoms with Gasteiger partial charge in [0.1, 0.15) is 5.82 Å². The van der Waals surface area contributed by atoms with Crippen molar-refractivity contribution in [2.24, 2.45) is 0 Å². The Morgan fingerprint density at radius 2 is 1.88 bits per heavy atom. The van der Waals surface area contributed by atoms with Crippen molar-refractivity contribution in [3.8, 4) is 11.3 Å². The van der Waals surface area contributed by atoms with Crippen molar-refractivity contribution in [1.29, 1.82) is 0 Å². The van der Waals surface area contributed by atoms with E-state index < -0.39 is 10.0 Å². The summed E-state index contributed by atoms with van der Waals surface area (Å²) in [5.41, 5.74) is 2.10. The van der Waals surface area contributed by atoms with Gasteiger partial charge in [0.25, 0.3) is 0 Å². The van der Waals surface area contributed by atoms with Gasteiger partial charge >= 0.3 is 0 Å². The SMILES string of the molecule is O=S(=O)([C@@H]1CCN(Cc2ncc(-c3ccccc3)[nH]2)C1)N1CCCC1. The van der Waals surface area contributed by atoms with Crippen LogP contribution >= 0.6 is 0 Å². The number of rotatable bonds is 5. The first-order valence-electron chi connectivity index (χ1n) is 8.93. The van der Waals surface area contributed by atoms with Crippen LogP contribution in [0.1, 0.15) is 25.1 Å². The molecular formula is C18H24N4O2S. The van der Waals surface area contributed by atoms with Crippen LogP contribution in [-0.4, -0.2) is 59.0 Å². The Morgan fingerprint density at radius 1 is 1.12 bits per heavy atom. The van der Waals surface area contributed by atoms with Crippen LogP contribution in [0.25, 0.3) is 11.3 Å². The summed E-state index contributed by atoms with van der Waals surface area (Å²) in [6.45, 7) is 3.45. The van der Waals surface area contributed by atoms with E-state index in [4.69, 9.17) is 0 Å². The van der Waals surface area contributed by atoms with Gasteiger partial charge in [0.15, 0.2) is 0 Å². The molecular weight excluding hydrogens is 336 g/mol. The molecule has 0 aliphatic carbocycles. The van der Waals surface area contributed by atoms with Crippen molar-refractivity contribution in [3.63, 3.8) is 0 Å². The monoisotopic (exact) mass is 360 g/mol. The summed E-state index contributed by atoms with van der Waals surface area (Å²) in [6.07, 6.45) is 4.54. The smallest absolute Gasteiger partial charge is 0.218 e. The molecule has 0 bridgehead atoms. The van der Waals surface area contributed by atoms with Gasteiger partial charge in [-0.25, -0.2) is 17.7 Å². The summed E-state index contributed by atoms with van der Waals surface area (Å²) in [7, 11) is -3.14. The van der Waals surface area contributed by atoms with Crippen LogP contribution < -0.4 is 0 Å². The predicted molar refractivity (Wildman–Crippen MR) is 97.4 cm³/mol. The molecule has 0 saturated carbocycles. The van der Waals surface area contributed by atoms with E-state index in [0.29, 0.717) is 32.6 Å². The number of aromatic amines is 1. The molecule has 2 aliphatic rings.